The number of pyridine rings is 3. The predicted octanol–water partition coefficient (Wildman–Crippen LogP) is 4.13. The molecule has 2 saturated heterocycles. The van der Waals surface area contributed by atoms with Crippen molar-refractivity contribution in [3.63, 3.8) is 0 Å². The van der Waals surface area contributed by atoms with Crippen LogP contribution in [-0.4, -0.2) is 75.9 Å². The van der Waals surface area contributed by atoms with Gasteiger partial charge in [0.05, 0.1) is 48.0 Å². The number of rotatable bonds is 10. The van der Waals surface area contributed by atoms with Gasteiger partial charge in [-0.1, -0.05) is 0 Å². The Hall–Kier alpha value is -4.20. The Morgan fingerprint density at radius 1 is 1.19 bits per heavy atom. The highest BCUT2D eigenvalue weighted by atomic mass is 19.3. The first-order valence-corrected chi connectivity index (χ1v) is 14.0. The summed E-state index contributed by atoms with van der Waals surface area (Å²) in [7, 11) is 1.97. The van der Waals surface area contributed by atoms with E-state index in [0.29, 0.717) is 47.9 Å². The summed E-state index contributed by atoms with van der Waals surface area (Å²) in [5, 5.41) is 11.3. The van der Waals surface area contributed by atoms with Crippen LogP contribution in [0.4, 0.5) is 24.8 Å². The molecule has 2 bridgehead atoms. The molecule has 1 amide bonds. The first kappa shape index (κ1) is 28.9. The number of amides is 1. The van der Waals surface area contributed by atoms with E-state index in [1.807, 2.05) is 13.1 Å². The lowest BCUT2D eigenvalue weighted by atomic mass is 9.68. The van der Waals surface area contributed by atoms with Gasteiger partial charge in [0.15, 0.2) is 18.2 Å². The number of ether oxygens (including phenoxy) is 3. The van der Waals surface area contributed by atoms with Crippen LogP contribution in [0.3, 0.4) is 0 Å². The van der Waals surface area contributed by atoms with Gasteiger partial charge in [-0.25, -0.2) is 19.2 Å². The molecule has 0 radical (unpaired) electrons. The topological polar surface area (TPSA) is 136 Å². The van der Waals surface area contributed by atoms with Crippen LogP contribution in [0.1, 0.15) is 44.1 Å². The first-order chi connectivity index (χ1) is 20.5. The molecule has 7 rings (SSSR count). The number of halogens is 3. The van der Waals surface area contributed by atoms with Gasteiger partial charge in [0, 0.05) is 18.7 Å². The van der Waals surface area contributed by atoms with Gasteiger partial charge in [-0.05, 0) is 56.7 Å². The largest absolute Gasteiger partial charge is 0.480 e. The number of nitrogens with zero attached hydrogens (tertiary/aromatic N) is 4. The lowest BCUT2D eigenvalue weighted by Crippen LogP contribution is -2.62. The molecule has 3 aromatic heterocycles. The van der Waals surface area contributed by atoms with Crippen LogP contribution < -0.4 is 19.7 Å². The number of anilines is 2. The Morgan fingerprint density at radius 3 is 2.70 bits per heavy atom. The summed E-state index contributed by atoms with van der Waals surface area (Å²) >= 11 is 0. The van der Waals surface area contributed by atoms with Crippen molar-refractivity contribution in [1.29, 1.82) is 0 Å². The minimum absolute atomic E-state index is 0.0261. The molecule has 3 aliphatic heterocycles. The Balaban J connectivity index is 1.13. The molecule has 3 fully saturated rings. The van der Waals surface area contributed by atoms with Crippen LogP contribution in [0, 0.1) is 5.82 Å². The van der Waals surface area contributed by atoms with Crippen molar-refractivity contribution in [2.24, 2.45) is 0 Å². The number of aryl methyl sites for hydroxylation is 1. The molecule has 0 spiro atoms. The lowest BCUT2D eigenvalue weighted by Gasteiger charge is -2.56. The van der Waals surface area contributed by atoms with E-state index in [-0.39, 0.29) is 29.4 Å². The molecule has 6 heterocycles. The van der Waals surface area contributed by atoms with Gasteiger partial charge in [-0.2, -0.15) is 8.78 Å². The normalized spacial score (nSPS) is 22.9. The molecule has 14 heteroatoms. The van der Waals surface area contributed by atoms with Crippen molar-refractivity contribution in [1.82, 2.24) is 15.0 Å². The Labute approximate surface area is 244 Å². The van der Waals surface area contributed by atoms with E-state index in [2.05, 4.69) is 25.2 Å². The van der Waals surface area contributed by atoms with E-state index in [0.717, 1.165) is 31.9 Å². The van der Waals surface area contributed by atoms with Crippen molar-refractivity contribution >= 4 is 34.5 Å². The maximum atomic E-state index is 15.0. The minimum atomic E-state index is -3.93. The van der Waals surface area contributed by atoms with Crippen LogP contribution in [0.2, 0.25) is 0 Å². The van der Waals surface area contributed by atoms with Gasteiger partial charge in [-0.3, -0.25) is 9.78 Å². The van der Waals surface area contributed by atoms with Crippen LogP contribution >= 0.6 is 0 Å². The number of aliphatic carboxylic acids is 1. The number of likely N-dealkylation sites (N-methyl/N-ethyl adjacent to an activating group) is 1. The van der Waals surface area contributed by atoms with Crippen LogP contribution in [0.25, 0.3) is 11.0 Å². The summed E-state index contributed by atoms with van der Waals surface area (Å²) < 4.78 is 59.0. The van der Waals surface area contributed by atoms with Gasteiger partial charge in [0.25, 0.3) is 5.91 Å². The van der Waals surface area contributed by atoms with Crippen LogP contribution in [0.5, 0.6) is 11.6 Å². The molecular weight excluding hydrogens is 571 g/mol. The molecule has 11 nitrogen and oxygen atoms in total. The van der Waals surface area contributed by atoms with E-state index in [1.165, 1.54) is 6.07 Å². The number of carboxylic acids is 1. The SMILES string of the molecule is CN(c1ccc2c(n1)NC(=O)CO2)C12CCC(CCc3c(F)cnc4ccc(OCCC(F)(F)C(=O)O)nc34)(CC1)OC2. The molecule has 1 saturated carbocycles. The van der Waals surface area contributed by atoms with Gasteiger partial charge in [0.2, 0.25) is 5.88 Å². The molecule has 228 valence electrons. The average molecular weight is 602 g/mol. The third-order valence-corrected chi connectivity index (χ3v) is 8.80. The fourth-order valence-electron chi connectivity index (χ4n) is 6.02. The van der Waals surface area contributed by atoms with Crippen molar-refractivity contribution in [2.75, 3.05) is 37.1 Å². The van der Waals surface area contributed by atoms with E-state index < -0.39 is 36.3 Å². The number of fused-ring (bicyclic) bond motifs is 5. The van der Waals surface area contributed by atoms with Gasteiger partial charge in [-0.15, -0.1) is 0 Å². The molecular formula is C29H30F3N5O6. The zero-order valence-electron chi connectivity index (χ0n) is 23.4. The second-order valence-corrected chi connectivity index (χ2v) is 11.3. The Morgan fingerprint density at radius 2 is 1.98 bits per heavy atom. The molecule has 43 heavy (non-hydrogen) atoms. The highest BCUT2D eigenvalue weighted by Gasteiger charge is 2.52. The first-order valence-electron chi connectivity index (χ1n) is 14.0. The van der Waals surface area contributed by atoms with Crippen LogP contribution in [-0.2, 0) is 20.7 Å². The van der Waals surface area contributed by atoms with Crippen molar-refractivity contribution in [2.45, 2.75) is 62.0 Å². The van der Waals surface area contributed by atoms with Gasteiger partial charge in [0.1, 0.15) is 11.6 Å². The Kier molecular flexibility index (Phi) is 7.27. The summed E-state index contributed by atoms with van der Waals surface area (Å²) in [6.07, 6.45) is 4.14. The quantitative estimate of drug-likeness (QED) is 0.349. The summed E-state index contributed by atoms with van der Waals surface area (Å²) in [5.74, 6) is -5.35. The maximum absolute atomic E-state index is 15.0. The van der Waals surface area contributed by atoms with Gasteiger partial charge >= 0.3 is 11.9 Å². The maximum Gasteiger partial charge on any atom is 0.374 e. The third-order valence-electron chi connectivity index (χ3n) is 8.80. The molecule has 0 atom stereocenters. The summed E-state index contributed by atoms with van der Waals surface area (Å²) in [5.41, 5.74) is 0.292. The highest BCUT2D eigenvalue weighted by Crippen LogP contribution is 2.49. The molecule has 4 aliphatic rings. The number of nitrogens with one attached hydrogen (secondary N) is 1. The predicted molar refractivity (Wildman–Crippen MR) is 147 cm³/mol. The zero-order valence-corrected chi connectivity index (χ0v) is 23.4. The van der Waals surface area contributed by atoms with E-state index in [9.17, 15) is 18.4 Å². The zero-order chi connectivity index (χ0) is 30.4. The van der Waals surface area contributed by atoms with Crippen LogP contribution in [0.15, 0.2) is 30.5 Å². The van der Waals surface area contributed by atoms with Gasteiger partial charge < -0.3 is 29.5 Å². The average Bonchev–Trinajstić information content (AvgIpc) is 3.00. The van der Waals surface area contributed by atoms with Crippen molar-refractivity contribution in [3.8, 4) is 11.6 Å². The lowest BCUT2D eigenvalue weighted by molar-refractivity contribution is -0.166. The van der Waals surface area contributed by atoms with E-state index >= 15 is 4.39 Å². The fourth-order valence-corrected chi connectivity index (χ4v) is 6.02. The number of carboxylic acid groups (broad SMARTS) is 1. The second-order valence-electron chi connectivity index (χ2n) is 11.3. The van der Waals surface area contributed by atoms with E-state index in [1.54, 1.807) is 12.1 Å². The molecule has 0 aromatic carbocycles. The summed E-state index contributed by atoms with van der Waals surface area (Å²) in [4.78, 5) is 37.5. The second kappa shape index (κ2) is 10.8. The number of hydrogen-bond donors (Lipinski definition) is 2. The molecule has 2 N–H and O–H groups in total. The third kappa shape index (κ3) is 5.51. The highest BCUT2D eigenvalue weighted by molar-refractivity contribution is 5.94. The number of alkyl halides is 2. The molecule has 3 aromatic rings. The fraction of sp³-hybridized carbons (Fsp3) is 0.483. The standard InChI is InChI=1S/C29H30F3N5O6/c1-37(21-4-3-20-25(34-21)35-22(38)15-42-20)27-8-10-28(11-9-27,43-16-27)7-6-17-18(30)14-33-19-2-5-23(36-24(17)19)41-13-12-29(31,32)26(39)40/h2-5,14H,6-13,15-16H2,1H3,(H,39,40)(H,34,35,38). The number of carbonyl (C=O) groups excluding carboxylic acids is 1. The number of aromatic nitrogens is 3. The monoisotopic (exact) mass is 601 g/mol. The van der Waals surface area contributed by atoms with E-state index in [4.69, 9.17) is 19.3 Å². The summed E-state index contributed by atoms with van der Waals surface area (Å²) in [6.45, 7) is -0.154. The smallest absolute Gasteiger partial charge is 0.374 e. The number of carbonyl (C=O) groups is 2. The molecule has 0 unspecified atom stereocenters. The Bertz CT molecular complexity index is 1560. The summed E-state index contributed by atoms with van der Waals surface area (Å²) in [6, 6.07) is 6.64. The van der Waals surface area contributed by atoms with Crippen molar-refractivity contribution in [3.05, 3.63) is 41.8 Å². The van der Waals surface area contributed by atoms with Crippen molar-refractivity contribution < 1.29 is 42.1 Å². The number of hydrogen-bond acceptors (Lipinski definition) is 9. The minimum Gasteiger partial charge on any atom is -0.480 e. The molecule has 1 aliphatic carbocycles.